The van der Waals surface area contributed by atoms with Crippen LogP contribution in [0.25, 0.3) is 0 Å². The van der Waals surface area contributed by atoms with Crippen molar-refractivity contribution in [1.29, 1.82) is 0 Å². The van der Waals surface area contributed by atoms with Crippen LogP contribution in [0.1, 0.15) is 32.1 Å². The highest BCUT2D eigenvalue weighted by Crippen LogP contribution is 2.13. The van der Waals surface area contributed by atoms with Crippen molar-refractivity contribution in [1.82, 2.24) is 0 Å². The number of aliphatic carboxylic acids is 2. The van der Waals surface area contributed by atoms with Crippen LogP contribution in [-0.4, -0.2) is 33.9 Å². The lowest BCUT2D eigenvalue weighted by Gasteiger charge is -2.09. The number of aliphatic hydroxyl groups is 1. The molecule has 0 saturated heterocycles. The monoisotopic (exact) mass is 204 g/mol. The maximum Gasteiger partial charge on any atom is 0.306 e. The molecule has 0 aliphatic carbocycles. The maximum absolute atomic E-state index is 10.6. The first-order valence-corrected chi connectivity index (χ1v) is 4.63. The molecule has 0 rings (SSSR count). The Kier molecular flexibility index (Phi) is 6.74. The third-order valence-electron chi connectivity index (χ3n) is 2.02. The van der Waals surface area contributed by atoms with Gasteiger partial charge in [0.1, 0.15) is 0 Å². The molecule has 0 spiro atoms. The number of carboxylic acid groups (broad SMARTS) is 2. The fourth-order valence-electron chi connectivity index (χ4n) is 1.21. The van der Waals surface area contributed by atoms with E-state index < -0.39 is 17.9 Å². The Morgan fingerprint density at radius 2 is 1.71 bits per heavy atom. The summed E-state index contributed by atoms with van der Waals surface area (Å²) in [5.41, 5.74) is 0. The molecule has 82 valence electrons. The van der Waals surface area contributed by atoms with E-state index in [0.717, 1.165) is 0 Å². The van der Waals surface area contributed by atoms with Crippen LogP contribution in [0, 0.1) is 5.92 Å². The predicted octanol–water partition coefficient (Wildman–Crippen LogP) is 0.715. The van der Waals surface area contributed by atoms with Gasteiger partial charge in [-0.15, -0.1) is 0 Å². The molecule has 0 aliphatic rings. The maximum atomic E-state index is 10.6. The molecule has 5 heteroatoms. The Morgan fingerprint density at radius 1 is 1.07 bits per heavy atom. The van der Waals surface area contributed by atoms with Gasteiger partial charge in [-0.05, 0) is 19.3 Å². The zero-order valence-corrected chi connectivity index (χ0v) is 7.98. The van der Waals surface area contributed by atoms with Gasteiger partial charge >= 0.3 is 11.9 Å². The van der Waals surface area contributed by atoms with Crippen molar-refractivity contribution in [3.05, 3.63) is 0 Å². The average molecular weight is 204 g/mol. The summed E-state index contributed by atoms with van der Waals surface area (Å²) < 4.78 is 0. The van der Waals surface area contributed by atoms with Gasteiger partial charge in [0.2, 0.25) is 0 Å². The molecule has 1 unspecified atom stereocenters. The largest absolute Gasteiger partial charge is 0.481 e. The van der Waals surface area contributed by atoms with Gasteiger partial charge in [0.25, 0.3) is 0 Å². The van der Waals surface area contributed by atoms with Crippen molar-refractivity contribution in [2.75, 3.05) is 6.61 Å². The van der Waals surface area contributed by atoms with E-state index in [1.165, 1.54) is 0 Å². The first kappa shape index (κ1) is 12.9. The molecule has 0 saturated carbocycles. The van der Waals surface area contributed by atoms with Gasteiger partial charge in [-0.3, -0.25) is 9.59 Å². The van der Waals surface area contributed by atoms with E-state index in [4.69, 9.17) is 15.3 Å². The number of aliphatic hydroxyl groups excluding tert-OH is 1. The fourth-order valence-corrected chi connectivity index (χ4v) is 1.21. The Labute approximate surface area is 82.4 Å². The quantitative estimate of drug-likeness (QED) is 0.506. The molecule has 3 N–H and O–H groups in total. The molecular formula is C9H16O5. The number of carbonyl (C=O) groups is 2. The topological polar surface area (TPSA) is 94.8 Å². The third-order valence-corrected chi connectivity index (χ3v) is 2.02. The summed E-state index contributed by atoms with van der Waals surface area (Å²) in [6.45, 7) is -0.143. The molecule has 0 aromatic heterocycles. The number of rotatable bonds is 8. The van der Waals surface area contributed by atoms with Gasteiger partial charge in [0.05, 0.1) is 5.92 Å². The lowest BCUT2D eigenvalue weighted by Crippen LogP contribution is -2.15. The minimum Gasteiger partial charge on any atom is -0.481 e. The molecule has 0 amide bonds. The zero-order valence-electron chi connectivity index (χ0n) is 7.98. The first-order chi connectivity index (χ1) is 6.57. The van der Waals surface area contributed by atoms with Crippen LogP contribution in [0.15, 0.2) is 0 Å². The van der Waals surface area contributed by atoms with Gasteiger partial charge in [0, 0.05) is 13.0 Å². The van der Waals surface area contributed by atoms with Crippen molar-refractivity contribution in [3.8, 4) is 0 Å². The molecule has 0 fully saturated rings. The van der Waals surface area contributed by atoms with Crippen LogP contribution >= 0.6 is 0 Å². The molecule has 0 radical (unpaired) electrons. The van der Waals surface area contributed by atoms with E-state index in [2.05, 4.69) is 0 Å². The summed E-state index contributed by atoms with van der Waals surface area (Å²) in [4.78, 5) is 20.7. The first-order valence-electron chi connectivity index (χ1n) is 4.63. The number of hydrogen-bond acceptors (Lipinski definition) is 3. The SMILES string of the molecule is O=C(O)CCCCC(CCO)C(=O)O. The van der Waals surface area contributed by atoms with E-state index in [9.17, 15) is 9.59 Å². The van der Waals surface area contributed by atoms with Crippen molar-refractivity contribution in [2.45, 2.75) is 32.1 Å². The van der Waals surface area contributed by atoms with E-state index in [1.54, 1.807) is 0 Å². The molecule has 1 atom stereocenters. The highest BCUT2D eigenvalue weighted by molar-refractivity contribution is 5.69. The standard InChI is InChI=1S/C9H16O5/c10-6-5-7(9(13)14)3-1-2-4-8(11)12/h7,10H,1-6H2,(H,11,12)(H,13,14). The molecular weight excluding hydrogens is 188 g/mol. The second kappa shape index (κ2) is 7.32. The van der Waals surface area contributed by atoms with Gasteiger partial charge < -0.3 is 15.3 Å². The van der Waals surface area contributed by atoms with Crippen LogP contribution in [-0.2, 0) is 9.59 Å². The summed E-state index contributed by atoms with van der Waals surface area (Å²) in [6, 6.07) is 0. The molecule has 0 heterocycles. The Morgan fingerprint density at radius 3 is 2.14 bits per heavy atom. The van der Waals surface area contributed by atoms with Crippen molar-refractivity contribution >= 4 is 11.9 Å². The van der Waals surface area contributed by atoms with Gasteiger partial charge in [-0.1, -0.05) is 6.42 Å². The summed E-state index contributed by atoms with van der Waals surface area (Å²) in [5, 5.41) is 25.6. The lowest BCUT2D eigenvalue weighted by molar-refractivity contribution is -0.142. The molecule has 0 aliphatic heterocycles. The molecule has 0 aromatic carbocycles. The van der Waals surface area contributed by atoms with Gasteiger partial charge in [-0.25, -0.2) is 0 Å². The highest BCUT2D eigenvalue weighted by atomic mass is 16.4. The van der Waals surface area contributed by atoms with Crippen LogP contribution < -0.4 is 0 Å². The number of carboxylic acids is 2. The Hall–Kier alpha value is -1.10. The minimum atomic E-state index is -0.922. The lowest BCUT2D eigenvalue weighted by atomic mass is 9.98. The molecule has 0 aromatic rings. The van der Waals surface area contributed by atoms with Gasteiger partial charge in [0.15, 0.2) is 0 Å². The van der Waals surface area contributed by atoms with E-state index >= 15 is 0 Å². The average Bonchev–Trinajstić information content (AvgIpc) is 2.09. The van der Waals surface area contributed by atoms with Crippen LogP contribution in [0.5, 0.6) is 0 Å². The molecule has 5 nitrogen and oxygen atoms in total. The summed E-state index contributed by atoms with van der Waals surface area (Å²) in [6.07, 6.45) is 1.81. The Balaban J connectivity index is 3.61. The van der Waals surface area contributed by atoms with E-state index in [-0.39, 0.29) is 19.4 Å². The second-order valence-corrected chi connectivity index (χ2v) is 3.19. The summed E-state index contributed by atoms with van der Waals surface area (Å²) in [5.74, 6) is -2.33. The van der Waals surface area contributed by atoms with Crippen molar-refractivity contribution in [2.24, 2.45) is 5.92 Å². The fraction of sp³-hybridized carbons (Fsp3) is 0.778. The minimum absolute atomic E-state index is 0.0749. The van der Waals surface area contributed by atoms with Gasteiger partial charge in [-0.2, -0.15) is 0 Å². The zero-order chi connectivity index (χ0) is 11.0. The normalized spacial score (nSPS) is 12.4. The Bertz CT molecular complexity index is 190. The molecule has 14 heavy (non-hydrogen) atoms. The number of unbranched alkanes of at least 4 members (excludes halogenated alkanes) is 1. The molecule has 0 bridgehead atoms. The highest BCUT2D eigenvalue weighted by Gasteiger charge is 2.15. The summed E-state index contributed by atoms with van der Waals surface area (Å²) in [7, 11) is 0. The third kappa shape index (κ3) is 6.42. The summed E-state index contributed by atoms with van der Waals surface area (Å²) >= 11 is 0. The number of hydrogen-bond donors (Lipinski definition) is 3. The van der Waals surface area contributed by atoms with Crippen LogP contribution in [0.4, 0.5) is 0 Å². The van der Waals surface area contributed by atoms with Crippen LogP contribution in [0.3, 0.4) is 0 Å². The second-order valence-electron chi connectivity index (χ2n) is 3.19. The smallest absolute Gasteiger partial charge is 0.306 e. The van der Waals surface area contributed by atoms with E-state index in [0.29, 0.717) is 19.3 Å². The van der Waals surface area contributed by atoms with E-state index in [1.807, 2.05) is 0 Å². The van der Waals surface area contributed by atoms with Crippen LogP contribution in [0.2, 0.25) is 0 Å². The van der Waals surface area contributed by atoms with Crippen molar-refractivity contribution < 1.29 is 24.9 Å². The predicted molar refractivity (Wildman–Crippen MR) is 48.9 cm³/mol. The van der Waals surface area contributed by atoms with Crippen molar-refractivity contribution in [3.63, 3.8) is 0 Å².